The van der Waals surface area contributed by atoms with Crippen molar-refractivity contribution >= 4 is 54.6 Å². The number of hydrogen-bond acceptors (Lipinski definition) is 5. The summed E-state index contributed by atoms with van der Waals surface area (Å²) in [7, 11) is -3.68. The van der Waals surface area contributed by atoms with E-state index >= 15 is 0 Å². The number of anilines is 1. The molecule has 9 heteroatoms. The molecule has 0 fully saturated rings. The predicted octanol–water partition coefficient (Wildman–Crippen LogP) is 3.74. The molecule has 0 unspecified atom stereocenters. The summed E-state index contributed by atoms with van der Waals surface area (Å²) in [6.45, 7) is 0.902. The van der Waals surface area contributed by atoms with Gasteiger partial charge in [0.15, 0.2) is 11.5 Å². The molecular weight excluding hydrogens is 402 g/mol. The molecule has 5 nitrogen and oxygen atoms in total. The highest BCUT2D eigenvalue weighted by Crippen LogP contribution is 2.39. The lowest BCUT2D eigenvalue weighted by Gasteiger charge is -2.20. The summed E-state index contributed by atoms with van der Waals surface area (Å²) in [6.07, 6.45) is 0. The average Bonchev–Trinajstić information content (AvgIpc) is 2.87. The average molecular weight is 411 g/mol. The van der Waals surface area contributed by atoms with Gasteiger partial charge in [-0.25, -0.2) is 8.42 Å². The minimum atomic E-state index is -3.68. The zero-order valence-electron chi connectivity index (χ0n) is 10.4. The van der Waals surface area contributed by atoms with E-state index in [0.717, 1.165) is 11.3 Å². The van der Waals surface area contributed by atoms with Gasteiger partial charge in [-0.15, -0.1) is 11.3 Å². The van der Waals surface area contributed by atoms with Crippen LogP contribution in [0.3, 0.4) is 0 Å². The summed E-state index contributed by atoms with van der Waals surface area (Å²) in [4.78, 5) is 0. The molecule has 0 saturated heterocycles. The highest BCUT2D eigenvalue weighted by atomic mass is 79.9. The Morgan fingerprint density at radius 3 is 2.48 bits per heavy atom. The number of halogens is 2. The van der Waals surface area contributed by atoms with Gasteiger partial charge in [-0.05, 0) is 28.1 Å². The van der Waals surface area contributed by atoms with Gasteiger partial charge < -0.3 is 9.47 Å². The molecule has 0 atom stereocenters. The fraction of sp³-hybridized carbons (Fsp3) is 0.167. The Morgan fingerprint density at radius 2 is 1.86 bits per heavy atom. The van der Waals surface area contributed by atoms with Crippen LogP contribution >= 0.6 is 38.9 Å². The second-order valence-corrected chi connectivity index (χ2v) is 8.62. The molecule has 1 aliphatic rings. The van der Waals surface area contributed by atoms with Crippen LogP contribution in [0.2, 0.25) is 4.34 Å². The van der Waals surface area contributed by atoms with Gasteiger partial charge in [0, 0.05) is 16.6 Å². The molecular formula is C12H9BrClNO4S2. The Balaban J connectivity index is 1.94. The highest BCUT2D eigenvalue weighted by Gasteiger charge is 2.21. The SMILES string of the molecule is O=S(=O)(Nc1cc2c(cc1Br)OCCO2)c1ccc(Cl)s1. The maximum absolute atomic E-state index is 12.3. The van der Waals surface area contributed by atoms with Gasteiger partial charge in [-0.2, -0.15) is 0 Å². The Kier molecular flexibility index (Phi) is 4.04. The van der Waals surface area contributed by atoms with Crippen LogP contribution in [0.1, 0.15) is 0 Å². The van der Waals surface area contributed by atoms with Crippen LogP contribution in [0, 0.1) is 0 Å². The summed E-state index contributed by atoms with van der Waals surface area (Å²) >= 11 is 10.1. The van der Waals surface area contributed by atoms with Crippen LogP contribution in [0.25, 0.3) is 0 Å². The Hall–Kier alpha value is -0.960. The van der Waals surface area contributed by atoms with Crippen molar-refractivity contribution in [3.05, 3.63) is 33.1 Å². The van der Waals surface area contributed by atoms with Crippen molar-refractivity contribution in [1.29, 1.82) is 0 Å². The Bertz CT molecular complexity index is 791. The standard InChI is InChI=1S/C12H9BrClNO4S2/c13-7-5-9-10(19-4-3-18-9)6-8(7)15-21(16,17)12-2-1-11(14)20-12/h1-2,5-6,15H,3-4H2. The normalized spacial score (nSPS) is 14.0. The number of fused-ring (bicyclic) bond motifs is 1. The van der Waals surface area contributed by atoms with E-state index in [1.54, 1.807) is 18.2 Å². The van der Waals surface area contributed by atoms with Crippen molar-refractivity contribution in [2.24, 2.45) is 0 Å². The third-order valence-electron chi connectivity index (χ3n) is 2.69. The van der Waals surface area contributed by atoms with Crippen molar-refractivity contribution in [1.82, 2.24) is 0 Å². The first kappa shape index (κ1) is 15.0. The highest BCUT2D eigenvalue weighted by molar-refractivity contribution is 9.10. The van der Waals surface area contributed by atoms with Crippen molar-refractivity contribution in [2.45, 2.75) is 4.21 Å². The van der Waals surface area contributed by atoms with Crippen molar-refractivity contribution in [3.63, 3.8) is 0 Å². The van der Waals surface area contributed by atoms with Gasteiger partial charge in [0.05, 0.1) is 10.0 Å². The third kappa shape index (κ3) is 3.13. The fourth-order valence-electron chi connectivity index (χ4n) is 1.78. The first-order valence-corrected chi connectivity index (χ1v) is 9.30. The maximum Gasteiger partial charge on any atom is 0.271 e. The lowest BCUT2D eigenvalue weighted by Crippen LogP contribution is -2.16. The molecule has 2 aromatic rings. The molecule has 0 spiro atoms. The Labute approximate surface area is 139 Å². The number of benzene rings is 1. The molecule has 2 heterocycles. The van der Waals surface area contributed by atoms with Gasteiger partial charge in [0.25, 0.3) is 10.0 Å². The van der Waals surface area contributed by atoms with Crippen molar-refractivity contribution < 1.29 is 17.9 Å². The third-order valence-corrected chi connectivity index (χ3v) is 6.43. The van der Waals surface area contributed by atoms with Crippen LogP contribution in [-0.4, -0.2) is 21.6 Å². The lowest BCUT2D eigenvalue weighted by atomic mass is 10.2. The number of hydrogen-bond donors (Lipinski definition) is 1. The molecule has 0 radical (unpaired) electrons. The number of sulfonamides is 1. The number of nitrogens with one attached hydrogen (secondary N) is 1. The molecule has 0 amide bonds. The minimum absolute atomic E-state index is 0.147. The lowest BCUT2D eigenvalue weighted by molar-refractivity contribution is 0.171. The van der Waals surface area contributed by atoms with E-state index in [2.05, 4.69) is 20.7 Å². The van der Waals surface area contributed by atoms with E-state index < -0.39 is 10.0 Å². The largest absolute Gasteiger partial charge is 0.486 e. The molecule has 3 rings (SSSR count). The molecule has 1 aromatic carbocycles. The van der Waals surface area contributed by atoms with E-state index in [9.17, 15) is 8.42 Å². The minimum Gasteiger partial charge on any atom is -0.486 e. The van der Waals surface area contributed by atoms with Gasteiger partial charge in [-0.3, -0.25) is 4.72 Å². The summed E-state index contributed by atoms with van der Waals surface area (Å²) in [6, 6.07) is 6.26. The van der Waals surface area contributed by atoms with Gasteiger partial charge in [0.2, 0.25) is 0 Å². The number of ether oxygens (including phenoxy) is 2. The summed E-state index contributed by atoms with van der Waals surface area (Å²) in [5.74, 6) is 1.08. The molecule has 0 saturated carbocycles. The van der Waals surface area contributed by atoms with Crippen LogP contribution in [0.4, 0.5) is 5.69 Å². The summed E-state index contributed by atoms with van der Waals surface area (Å²) < 4.78 is 39.1. The summed E-state index contributed by atoms with van der Waals surface area (Å²) in [5.41, 5.74) is 0.378. The Morgan fingerprint density at radius 1 is 1.19 bits per heavy atom. The second-order valence-electron chi connectivity index (χ2n) is 4.14. The van der Waals surface area contributed by atoms with Crippen molar-refractivity contribution in [3.8, 4) is 11.5 Å². The smallest absolute Gasteiger partial charge is 0.271 e. The monoisotopic (exact) mass is 409 g/mol. The number of rotatable bonds is 3. The molecule has 0 aliphatic carbocycles. The molecule has 1 aliphatic heterocycles. The second kappa shape index (κ2) is 5.68. The fourth-order valence-corrected chi connectivity index (χ4v) is 4.89. The molecule has 1 N–H and O–H groups in total. The van der Waals surface area contributed by atoms with E-state index in [1.807, 2.05) is 0 Å². The predicted molar refractivity (Wildman–Crippen MR) is 85.3 cm³/mol. The molecule has 21 heavy (non-hydrogen) atoms. The first-order valence-electron chi connectivity index (χ1n) is 5.83. The van der Waals surface area contributed by atoms with Crippen LogP contribution in [0.15, 0.2) is 32.9 Å². The number of thiophene rings is 1. The molecule has 112 valence electrons. The van der Waals surface area contributed by atoms with E-state index in [0.29, 0.717) is 39.2 Å². The van der Waals surface area contributed by atoms with Gasteiger partial charge >= 0.3 is 0 Å². The van der Waals surface area contributed by atoms with Crippen LogP contribution < -0.4 is 14.2 Å². The van der Waals surface area contributed by atoms with E-state index in [-0.39, 0.29) is 4.21 Å². The topological polar surface area (TPSA) is 64.6 Å². The van der Waals surface area contributed by atoms with E-state index in [1.165, 1.54) is 6.07 Å². The summed E-state index contributed by atoms with van der Waals surface area (Å²) in [5, 5.41) is 0. The molecule has 1 aromatic heterocycles. The molecule has 0 bridgehead atoms. The van der Waals surface area contributed by atoms with E-state index in [4.69, 9.17) is 21.1 Å². The van der Waals surface area contributed by atoms with Gasteiger partial charge in [0.1, 0.15) is 17.4 Å². The van der Waals surface area contributed by atoms with Crippen LogP contribution in [-0.2, 0) is 10.0 Å². The van der Waals surface area contributed by atoms with Gasteiger partial charge in [-0.1, -0.05) is 11.6 Å². The first-order chi connectivity index (χ1) is 9.95. The van der Waals surface area contributed by atoms with Crippen LogP contribution in [0.5, 0.6) is 11.5 Å². The zero-order chi connectivity index (χ0) is 15.0. The van der Waals surface area contributed by atoms with Crippen molar-refractivity contribution in [2.75, 3.05) is 17.9 Å². The maximum atomic E-state index is 12.3. The zero-order valence-corrected chi connectivity index (χ0v) is 14.4. The quantitative estimate of drug-likeness (QED) is 0.837.